The van der Waals surface area contributed by atoms with Crippen LogP contribution in [0.5, 0.6) is 5.75 Å². The van der Waals surface area contributed by atoms with E-state index in [1.54, 1.807) is 4.90 Å². The minimum Gasteiger partial charge on any atom is -0.484 e. The van der Waals surface area contributed by atoms with Gasteiger partial charge in [0.25, 0.3) is 5.91 Å². The van der Waals surface area contributed by atoms with Crippen LogP contribution < -0.4 is 4.74 Å². The summed E-state index contributed by atoms with van der Waals surface area (Å²) in [5, 5.41) is 7.09. The van der Waals surface area contributed by atoms with Gasteiger partial charge in [-0.1, -0.05) is 6.92 Å². The number of carbonyl (C=O) groups is 1. The first-order chi connectivity index (χ1) is 12.2. The first-order valence-corrected chi connectivity index (χ1v) is 8.34. The topological polar surface area (TPSA) is 80.3 Å². The Morgan fingerprint density at radius 2 is 2.24 bits per heavy atom. The number of benzene rings is 1. The highest BCUT2D eigenvalue weighted by molar-refractivity contribution is 5.77. The first-order valence-electron chi connectivity index (χ1n) is 8.34. The van der Waals surface area contributed by atoms with Crippen molar-refractivity contribution < 1.29 is 18.7 Å². The highest BCUT2D eigenvalue weighted by Crippen LogP contribution is 2.20. The van der Waals surface area contributed by atoms with Gasteiger partial charge in [0, 0.05) is 13.0 Å². The van der Waals surface area contributed by atoms with Crippen LogP contribution in [0, 0.1) is 5.82 Å². The van der Waals surface area contributed by atoms with E-state index in [9.17, 15) is 9.18 Å². The number of nitrogens with zero attached hydrogens (tertiary/aromatic N) is 3. The molecule has 3 rings (SSSR count). The Morgan fingerprint density at radius 1 is 1.44 bits per heavy atom. The van der Waals surface area contributed by atoms with Gasteiger partial charge >= 0.3 is 0 Å². The zero-order valence-electron chi connectivity index (χ0n) is 14.1. The summed E-state index contributed by atoms with van der Waals surface area (Å²) in [4.78, 5) is 18.4. The summed E-state index contributed by atoms with van der Waals surface area (Å²) < 4.78 is 24.0. The van der Waals surface area contributed by atoms with Crippen LogP contribution >= 0.6 is 0 Å². The molecule has 1 saturated heterocycles. The summed E-state index contributed by atoms with van der Waals surface area (Å²) in [6.07, 6.45) is 1.46. The van der Waals surface area contributed by atoms with E-state index in [2.05, 4.69) is 22.1 Å². The van der Waals surface area contributed by atoms with Gasteiger partial charge in [-0.25, -0.2) is 9.37 Å². The molecule has 0 spiro atoms. The van der Waals surface area contributed by atoms with E-state index < -0.39 is 0 Å². The van der Waals surface area contributed by atoms with Crippen LogP contribution in [-0.4, -0.2) is 52.3 Å². The Balaban J connectivity index is 1.54. The lowest BCUT2D eigenvalue weighted by atomic mass is 10.2. The van der Waals surface area contributed by atoms with Crippen LogP contribution in [0.2, 0.25) is 0 Å². The van der Waals surface area contributed by atoms with Crippen molar-refractivity contribution in [1.29, 1.82) is 0 Å². The van der Waals surface area contributed by atoms with Gasteiger partial charge in [0.05, 0.1) is 13.2 Å². The van der Waals surface area contributed by atoms with Crippen LogP contribution in [0.15, 0.2) is 24.3 Å². The maximum atomic E-state index is 12.9. The number of nitrogens with one attached hydrogen (secondary N) is 1. The number of rotatable bonds is 6. The molecule has 1 aliphatic rings. The number of H-pyrrole nitrogens is 1. The molecule has 2 aromatic rings. The molecule has 1 N–H and O–H groups in total. The van der Waals surface area contributed by atoms with E-state index >= 15 is 0 Å². The largest absolute Gasteiger partial charge is 0.484 e. The Bertz CT molecular complexity index is 704. The number of aromatic nitrogens is 3. The van der Waals surface area contributed by atoms with Gasteiger partial charge in [-0.15, -0.1) is 0 Å². The fourth-order valence-electron chi connectivity index (χ4n) is 2.60. The predicted octanol–water partition coefficient (Wildman–Crippen LogP) is 1.88. The smallest absolute Gasteiger partial charge is 0.260 e. The monoisotopic (exact) mass is 348 g/mol. The average Bonchev–Trinajstić information content (AvgIpc) is 3.10. The molecule has 1 fully saturated rings. The second-order valence-electron chi connectivity index (χ2n) is 5.83. The molecule has 1 aliphatic heterocycles. The maximum absolute atomic E-state index is 12.9. The quantitative estimate of drug-likeness (QED) is 0.862. The Morgan fingerprint density at radius 3 is 3.00 bits per heavy atom. The lowest BCUT2D eigenvalue weighted by Crippen LogP contribution is -2.44. The Hall–Kier alpha value is -2.48. The van der Waals surface area contributed by atoms with E-state index in [1.165, 1.54) is 24.3 Å². The number of carbonyl (C=O) groups excluding carboxylic acids is 1. The van der Waals surface area contributed by atoms with Crippen LogP contribution in [0.3, 0.4) is 0 Å². The molecule has 1 aromatic heterocycles. The average molecular weight is 348 g/mol. The molecule has 8 heteroatoms. The highest BCUT2D eigenvalue weighted by Gasteiger charge is 2.28. The number of hydrogen-bond donors (Lipinski definition) is 1. The van der Waals surface area contributed by atoms with Gasteiger partial charge in [0.15, 0.2) is 12.4 Å². The molecule has 7 nitrogen and oxygen atoms in total. The number of morpholine rings is 1. The number of ether oxygens (including phenoxy) is 2. The van der Waals surface area contributed by atoms with E-state index in [1.807, 2.05) is 0 Å². The molecule has 0 unspecified atom stereocenters. The van der Waals surface area contributed by atoms with Gasteiger partial charge in [-0.05, 0) is 30.7 Å². The second kappa shape index (κ2) is 8.06. The lowest BCUT2D eigenvalue weighted by Gasteiger charge is -2.31. The van der Waals surface area contributed by atoms with E-state index in [4.69, 9.17) is 9.47 Å². The van der Waals surface area contributed by atoms with Crippen molar-refractivity contribution in [3.05, 3.63) is 41.7 Å². The fraction of sp³-hybridized carbons (Fsp3) is 0.471. The third-order valence-corrected chi connectivity index (χ3v) is 3.92. The summed E-state index contributed by atoms with van der Waals surface area (Å²) in [7, 11) is 0. The number of amides is 1. The van der Waals surface area contributed by atoms with Crippen molar-refractivity contribution in [2.45, 2.75) is 25.9 Å². The Labute approximate surface area is 145 Å². The maximum Gasteiger partial charge on any atom is 0.260 e. The van der Waals surface area contributed by atoms with E-state index in [-0.39, 0.29) is 24.4 Å². The van der Waals surface area contributed by atoms with Crippen molar-refractivity contribution >= 4 is 5.91 Å². The molecule has 1 atom stereocenters. The van der Waals surface area contributed by atoms with Crippen LogP contribution in [0.1, 0.15) is 31.1 Å². The highest BCUT2D eigenvalue weighted by atomic mass is 19.1. The third-order valence-electron chi connectivity index (χ3n) is 3.92. The van der Waals surface area contributed by atoms with Gasteiger partial charge in [0.1, 0.15) is 23.5 Å². The van der Waals surface area contributed by atoms with Crippen LogP contribution in [0.25, 0.3) is 0 Å². The minimum atomic E-state index is -0.344. The van der Waals surface area contributed by atoms with Gasteiger partial charge in [-0.3, -0.25) is 9.89 Å². The standard InChI is InChI=1S/C17H21FN4O3/c1-2-3-15-19-17(21-20-15)14-10-22(8-9-24-14)16(23)11-25-13-6-4-12(18)5-7-13/h4-7,14H,2-3,8-11H2,1H3,(H,19,20,21)/t14-/m1/s1. The Kier molecular flexibility index (Phi) is 5.60. The molecule has 0 bridgehead atoms. The van der Waals surface area contributed by atoms with E-state index in [0.29, 0.717) is 31.3 Å². The van der Waals surface area contributed by atoms with Crippen LogP contribution in [0.4, 0.5) is 4.39 Å². The third kappa shape index (κ3) is 4.54. The summed E-state index contributed by atoms with van der Waals surface area (Å²) in [6, 6.07) is 5.57. The number of aryl methyl sites for hydroxylation is 1. The van der Waals surface area contributed by atoms with Crippen molar-refractivity contribution in [2.75, 3.05) is 26.3 Å². The minimum absolute atomic E-state index is 0.104. The summed E-state index contributed by atoms with van der Waals surface area (Å²) in [5.74, 6) is 1.35. The summed E-state index contributed by atoms with van der Waals surface area (Å²) in [5.41, 5.74) is 0. The molecule has 134 valence electrons. The first kappa shape index (κ1) is 17.3. The fourth-order valence-corrected chi connectivity index (χ4v) is 2.60. The normalized spacial score (nSPS) is 17.5. The molecule has 1 amide bonds. The summed E-state index contributed by atoms with van der Waals surface area (Å²) >= 11 is 0. The number of halogens is 1. The number of aromatic amines is 1. The summed E-state index contributed by atoms with van der Waals surface area (Å²) in [6.45, 7) is 3.27. The molecule has 25 heavy (non-hydrogen) atoms. The molecular formula is C17H21FN4O3. The SMILES string of the molecule is CCCc1nc([C@H]2CN(C(=O)COc3ccc(F)cc3)CCO2)n[nH]1. The molecule has 2 heterocycles. The molecule has 0 radical (unpaired) electrons. The van der Waals surface area contributed by atoms with Crippen LogP contribution in [-0.2, 0) is 16.0 Å². The van der Waals surface area contributed by atoms with Gasteiger partial charge in [0.2, 0.25) is 0 Å². The molecule has 0 aliphatic carbocycles. The van der Waals surface area contributed by atoms with Gasteiger partial charge in [-0.2, -0.15) is 5.10 Å². The van der Waals surface area contributed by atoms with Crippen molar-refractivity contribution in [3.63, 3.8) is 0 Å². The van der Waals surface area contributed by atoms with E-state index in [0.717, 1.165) is 18.7 Å². The molecule has 0 saturated carbocycles. The molecule has 1 aromatic carbocycles. The van der Waals surface area contributed by atoms with Crippen molar-refractivity contribution in [2.24, 2.45) is 0 Å². The zero-order valence-corrected chi connectivity index (χ0v) is 14.1. The number of hydrogen-bond acceptors (Lipinski definition) is 5. The van der Waals surface area contributed by atoms with Crippen molar-refractivity contribution in [3.8, 4) is 5.75 Å². The van der Waals surface area contributed by atoms with Crippen molar-refractivity contribution in [1.82, 2.24) is 20.1 Å². The predicted molar refractivity (Wildman–Crippen MR) is 87.5 cm³/mol. The zero-order chi connectivity index (χ0) is 17.6. The second-order valence-corrected chi connectivity index (χ2v) is 5.83. The molecular weight excluding hydrogens is 327 g/mol. The van der Waals surface area contributed by atoms with Gasteiger partial charge < -0.3 is 14.4 Å². The lowest BCUT2D eigenvalue weighted by molar-refractivity contribution is -0.141.